The lowest BCUT2D eigenvalue weighted by molar-refractivity contribution is 0.293. The van der Waals surface area contributed by atoms with Gasteiger partial charge in [-0.2, -0.15) is 0 Å². The Balaban J connectivity index is 2.47. The van der Waals surface area contributed by atoms with Crippen molar-refractivity contribution < 1.29 is 0 Å². The van der Waals surface area contributed by atoms with E-state index in [4.69, 9.17) is 5.73 Å². The van der Waals surface area contributed by atoms with Crippen LogP contribution in [-0.4, -0.2) is 18.6 Å². The molecule has 1 aliphatic carbocycles. The van der Waals surface area contributed by atoms with Gasteiger partial charge in [0, 0.05) is 12.1 Å². The van der Waals surface area contributed by atoms with Crippen LogP contribution in [0, 0.1) is 5.41 Å². The Kier molecular flexibility index (Phi) is 3.73. The predicted molar refractivity (Wildman–Crippen MR) is 62.2 cm³/mol. The third-order valence-electron chi connectivity index (χ3n) is 3.34. The molecule has 1 aliphatic rings. The summed E-state index contributed by atoms with van der Waals surface area (Å²) >= 11 is 0. The Labute approximate surface area is 87.9 Å². The van der Waals surface area contributed by atoms with Crippen LogP contribution in [0.3, 0.4) is 0 Å². The monoisotopic (exact) mass is 196 g/mol. The second-order valence-electron chi connectivity index (χ2n) is 5.33. The molecule has 1 atom stereocenters. The van der Waals surface area contributed by atoms with Gasteiger partial charge in [0.15, 0.2) is 0 Å². The topological polar surface area (TPSA) is 38.0 Å². The molecule has 0 aliphatic heterocycles. The van der Waals surface area contributed by atoms with Gasteiger partial charge in [0.05, 0.1) is 0 Å². The number of nitrogens with two attached hydrogens (primary N) is 1. The largest absolute Gasteiger partial charge is 0.329 e. The van der Waals surface area contributed by atoms with Crippen LogP contribution < -0.4 is 11.1 Å². The maximum Gasteiger partial charge on any atom is 0.0309 e. The average Bonchev–Trinajstić information content (AvgIpc) is 2.44. The smallest absolute Gasteiger partial charge is 0.0309 e. The van der Waals surface area contributed by atoms with Crippen LogP contribution in [-0.2, 0) is 0 Å². The lowest BCUT2D eigenvalue weighted by Gasteiger charge is -2.31. The van der Waals surface area contributed by atoms with Crippen molar-refractivity contribution in [2.24, 2.45) is 11.1 Å². The molecule has 1 unspecified atom stereocenters. The molecule has 1 saturated carbocycles. The molecule has 0 spiro atoms. The summed E-state index contributed by atoms with van der Waals surface area (Å²) in [6.07, 6.45) is 6.69. The van der Waals surface area contributed by atoms with Gasteiger partial charge in [-0.15, -0.1) is 6.58 Å². The Morgan fingerprint density at radius 1 is 1.43 bits per heavy atom. The summed E-state index contributed by atoms with van der Waals surface area (Å²) in [5.41, 5.74) is 6.54. The first-order valence-electron chi connectivity index (χ1n) is 5.60. The van der Waals surface area contributed by atoms with Crippen LogP contribution in [0.1, 0.15) is 39.5 Å². The van der Waals surface area contributed by atoms with Crippen LogP contribution in [0.25, 0.3) is 0 Å². The first-order valence-corrected chi connectivity index (χ1v) is 5.60. The number of hydrogen-bond donors (Lipinski definition) is 2. The van der Waals surface area contributed by atoms with Crippen molar-refractivity contribution in [3.8, 4) is 0 Å². The van der Waals surface area contributed by atoms with Crippen molar-refractivity contribution in [3.63, 3.8) is 0 Å². The van der Waals surface area contributed by atoms with Gasteiger partial charge in [0.2, 0.25) is 0 Å². The zero-order valence-electron chi connectivity index (χ0n) is 9.60. The lowest BCUT2D eigenvalue weighted by Crippen LogP contribution is -2.50. The van der Waals surface area contributed by atoms with Gasteiger partial charge in [-0.1, -0.05) is 19.9 Å². The standard InChI is InChI=1S/C12H24N2/c1-4-5-8-14-12(10-13)7-6-11(2,3)9-12/h4,14H,1,5-10,13H2,2-3H3. The number of nitrogens with one attached hydrogen (secondary N) is 1. The summed E-state index contributed by atoms with van der Waals surface area (Å²) in [5.74, 6) is 0. The van der Waals surface area contributed by atoms with E-state index in [0.29, 0.717) is 5.41 Å². The second kappa shape index (κ2) is 4.45. The van der Waals surface area contributed by atoms with Crippen molar-refractivity contribution in [1.29, 1.82) is 0 Å². The van der Waals surface area contributed by atoms with Gasteiger partial charge >= 0.3 is 0 Å². The molecular formula is C12H24N2. The third-order valence-corrected chi connectivity index (χ3v) is 3.34. The molecule has 0 saturated heterocycles. The van der Waals surface area contributed by atoms with Gasteiger partial charge in [-0.05, 0) is 37.6 Å². The van der Waals surface area contributed by atoms with Crippen LogP contribution in [0.15, 0.2) is 12.7 Å². The fraction of sp³-hybridized carbons (Fsp3) is 0.833. The van der Waals surface area contributed by atoms with Gasteiger partial charge in [-0.25, -0.2) is 0 Å². The molecule has 0 aromatic rings. The van der Waals surface area contributed by atoms with E-state index in [2.05, 4.69) is 25.7 Å². The molecule has 0 heterocycles. The molecule has 2 heteroatoms. The maximum absolute atomic E-state index is 5.88. The zero-order valence-corrected chi connectivity index (χ0v) is 9.60. The van der Waals surface area contributed by atoms with Crippen LogP contribution in [0.2, 0.25) is 0 Å². The SMILES string of the molecule is C=CCCNC1(CN)CCC(C)(C)C1. The number of rotatable bonds is 5. The molecule has 0 radical (unpaired) electrons. The highest BCUT2D eigenvalue weighted by molar-refractivity contribution is 5.00. The molecule has 2 nitrogen and oxygen atoms in total. The Bertz CT molecular complexity index is 198. The third kappa shape index (κ3) is 2.82. The molecule has 3 N–H and O–H groups in total. The van der Waals surface area contributed by atoms with E-state index >= 15 is 0 Å². The molecule has 1 fully saturated rings. The summed E-state index contributed by atoms with van der Waals surface area (Å²) in [5, 5.41) is 3.61. The van der Waals surface area contributed by atoms with Gasteiger partial charge in [0.25, 0.3) is 0 Å². The molecule has 14 heavy (non-hydrogen) atoms. The van der Waals surface area contributed by atoms with E-state index < -0.39 is 0 Å². The van der Waals surface area contributed by atoms with Crippen molar-refractivity contribution >= 4 is 0 Å². The van der Waals surface area contributed by atoms with Gasteiger partial charge in [-0.3, -0.25) is 0 Å². The van der Waals surface area contributed by atoms with Crippen molar-refractivity contribution in [1.82, 2.24) is 5.32 Å². The highest BCUT2D eigenvalue weighted by atomic mass is 15.0. The summed E-state index contributed by atoms with van der Waals surface area (Å²) in [4.78, 5) is 0. The minimum absolute atomic E-state index is 0.201. The predicted octanol–water partition coefficient (Wildman–Crippen LogP) is 2.06. The van der Waals surface area contributed by atoms with Crippen LogP contribution in [0.4, 0.5) is 0 Å². The average molecular weight is 196 g/mol. The molecule has 0 amide bonds. The summed E-state index contributed by atoms with van der Waals surface area (Å²) < 4.78 is 0. The van der Waals surface area contributed by atoms with Crippen molar-refractivity contribution in [3.05, 3.63) is 12.7 Å². The van der Waals surface area contributed by atoms with Crippen molar-refractivity contribution in [2.45, 2.75) is 45.1 Å². The fourth-order valence-corrected chi connectivity index (χ4v) is 2.51. The second-order valence-corrected chi connectivity index (χ2v) is 5.33. The zero-order chi connectivity index (χ0) is 10.7. The quantitative estimate of drug-likeness (QED) is 0.522. The molecule has 0 bridgehead atoms. The first kappa shape index (κ1) is 11.7. The van der Waals surface area contributed by atoms with Crippen LogP contribution >= 0.6 is 0 Å². The minimum atomic E-state index is 0.201. The summed E-state index contributed by atoms with van der Waals surface area (Å²) in [7, 11) is 0. The van der Waals surface area contributed by atoms with Crippen molar-refractivity contribution in [2.75, 3.05) is 13.1 Å². The molecule has 0 aromatic heterocycles. The first-order chi connectivity index (χ1) is 6.54. The Morgan fingerprint density at radius 2 is 2.14 bits per heavy atom. The molecular weight excluding hydrogens is 172 g/mol. The van der Waals surface area contributed by atoms with E-state index in [1.807, 2.05) is 6.08 Å². The van der Waals surface area contributed by atoms with Gasteiger partial charge < -0.3 is 11.1 Å². The summed E-state index contributed by atoms with van der Waals surface area (Å²) in [6, 6.07) is 0. The Morgan fingerprint density at radius 3 is 2.57 bits per heavy atom. The van der Waals surface area contributed by atoms with E-state index in [1.165, 1.54) is 19.3 Å². The van der Waals surface area contributed by atoms with E-state index in [-0.39, 0.29) is 5.54 Å². The van der Waals surface area contributed by atoms with E-state index in [9.17, 15) is 0 Å². The van der Waals surface area contributed by atoms with Gasteiger partial charge in [0.1, 0.15) is 0 Å². The summed E-state index contributed by atoms with van der Waals surface area (Å²) in [6.45, 7) is 10.2. The normalized spacial score (nSPS) is 30.5. The fourth-order valence-electron chi connectivity index (χ4n) is 2.51. The molecule has 82 valence electrons. The Hall–Kier alpha value is -0.340. The van der Waals surface area contributed by atoms with E-state index in [0.717, 1.165) is 19.5 Å². The van der Waals surface area contributed by atoms with Crippen LogP contribution in [0.5, 0.6) is 0 Å². The lowest BCUT2D eigenvalue weighted by atomic mass is 9.87. The highest BCUT2D eigenvalue weighted by Gasteiger charge is 2.41. The molecule has 0 aromatic carbocycles. The minimum Gasteiger partial charge on any atom is -0.329 e. The van der Waals surface area contributed by atoms with E-state index in [1.54, 1.807) is 0 Å². The highest BCUT2D eigenvalue weighted by Crippen LogP contribution is 2.42. The molecule has 1 rings (SSSR count). The number of hydrogen-bond acceptors (Lipinski definition) is 2. The maximum atomic E-state index is 5.88.